The largest absolute Gasteiger partial charge is 0.463 e. The van der Waals surface area contributed by atoms with Gasteiger partial charge in [0.15, 0.2) is 0 Å². The molecule has 2 amide bonds. The van der Waals surface area contributed by atoms with Gasteiger partial charge in [-0.25, -0.2) is 15.0 Å². The number of carbonyl (C=O) groups is 2. The van der Waals surface area contributed by atoms with E-state index in [2.05, 4.69) is 15.3 Å². The number of ether oxygens (including phenoxy) is 1. The number of furan rings is 1. The lowest BCUT2D eigenvalue weighted by Crippen LogP contribution is -2.26. The van der Waals surface area contributed by atoms with Crippen molar-refractivity contribution in [1.82, 2.24) is 5.43 Å². The normalized spacial score (nSPS) is 20.1. The highest BCUT2D eigenvalue weighted by Gasteiger charge is 2.25. The van der Waals surface area contributed by atoms with Gasteiger partial charge in [0, 0.05) is 18.1 Å². The van der Waals surface area contributed by atoms with Crippen LogP contribution in [0, 0.1) is 5.92 Å². The second-order valence-electron chi connectivity index (χ2n) is 4.63. The second kappa shape index (κ2) is 6.23. The maximum Gasteiger partial charge on any atom is 0.373 e. The first-order valence-electron chi connectivity index (χ1n) is 6.39. The number of amides is 2. The number of nitrogens with zero attached hydrogens (tertiary/aromatic N) is 1. The number of rotatable bonds is 4. The summed E-state index contributed by atoms with van der Waals surface area (Å²) in [4.78, 5) is 22.0. The van der Waals surface area contributed by atoms with E-state index in [-0.39, 0.29) is 11.7 Å². The van der Waals surface area contributed by atoms with Crippen molar-refractivity contribution in [2.75, 3.05) is 7.11 Å². The summed E-state index contributed by atoms with van der Waals surface area (Å²) in [6.45, 7) is 0. The van der Waals surface area contributed by atoms with Gasteiger partial charge in [0.2, 0.25) is 5.76 Å². The molecule has 7 nitrogen and oxygen atoms in total. The van der Waals surface area contributed by atoms with E-state index >= 15 is 0 Å². The van der Waals surface area contributed by atoms with E-state index in [1.54, 1.807) is 12.1 Å². The van der Waals surface area contributed by atoms with Crippen molar-refractivity contribution in [1.29, 1.82) is 0 Å². The maximum absolute atomic E-state index is 11.3. The Balaban J connectivity index is 2.01. The molecule has 1 saturated carbocycles. The van der Waals surface area contributed by atoms with Crippen molar-refractivity contribution in [3.8, 4) is 0 Å². The van der Waals surface area contributed by atoms with Crippen molar-refractivity contribution in [2.45, 2.75) is 25.7 Å². The molecule has 7 heteroatoms. The van der Waals surface area contributed by atoms with Crippen LogP contribution >= 0.6 is 0 Å². The van der Waals surface area contributed by atoms with Crippen LogP contribution in [0.2, 0.25) is 0 Å². The summed E-state index contributed by atoms with van der Waals surface area (Å²) in [7, 11) is 1.31. The van der Waals surface area contributed by atoms with Gasteiger partial charge in [-0.05, 0) is 31.4 Å². The second-order valence-corrected chi connectivity index (χ2v) is 4.63. The summed E-state index contributed by atoms with van der Waals surface area (Å²) < 4.78 is 10.0. The number of primary amides is 1. The van der Waals surface area contributed by atoms with Crippen LogP contribution in [-0.2, 0) is 11.2 Å². The van der Waals surface area contributed by atoms with Crippen LogP contribution in [0.15, 0.2) is 21.7 Å². The van der Waals surface area contributed by atoms with Crippen molar-refractivity contribution >= 4 is 17.7 Å². The lowest BCUT2D eigenvalue weighted by Gasteiger charge is -2.08. The molecule has 1 aromatic rings. The Morgan fingerprint density at radius 1 is 1.55 bits per heavy atom. The fourth-order valence-electron chi connectivity index (χ4n) is 2.34. The van der Waals surface area contributed by atoms with Crippen molar-refractivity contribution in [3.63, 3.8) is 0 Å². The maximum atomic E-state index is 11.3. The molecule has 20 heavy (non-hydrogen) atoms. The Labute approximate surface area is 116 Å². The van der Waals surface area contributed by atoms with Crippen LogP contribution < -0.4 is 11.2 Å². The molecule has 1 aliphatic carbocycles. The molecule has 0 aromatic carbocycles. The highest BCUT2D eigenvalue weighted by atomic mass is 16.5. The van der Waals surface area contributed by atoms with Crippen LogP contribution in [0.25, 0.3) is 0 Å². The van der Waals surface area contributed by atoms with E-state index < -0.39 is 12.0 Å². The molecule has 0 radical (unpaired) electrons. The third kappa shape index (κ3) is 3.37. The summed E-state index contributed by atoms with van der Waals surface area (Å²) >= 11 is 0. The minimum atomic E-state index is -0.672. The zero-order valence-corrected chi connectivity index (χ0v) is 11.2. The fourth-order valence-corrected chi connectivity index (χ4v) is 2.34. The third-order valence-electron chi connectivity index (χ3n) is 3.26. The predicted molar refractivity (Wildman–Crippen MR) is 71.2 cm³/mol. The number of hydrazone groups is 1. The molecule has 1 fully saturated rings. The van der Waals surface area contributed by atoms with Crippen LogP contribution in [-0.4, -0.2) is 24.8 Å². The lowest BCUT2D eigenvalue weighted by molar-refractivity contribution is 0.0563. The quantitative estimate of drug-likeness (QED) is 0.642. The third-order valence-corrected chi connectivity index (χ3v) is 3.26. The standard InChI is InChI=1S/C13H17N3O4/c1-19-12(17)11-6-5-9(20-11)7-8-3-2-4-10(8)15-16-13(14)18/h5-6,8H,2-4,7H2,1H3,(H3,14,16,18). The Kier molecular flexibility index (Phi) is 4.39. The molecule has 0 bridgehead atoms. The molecular formula is C13H17N3O4. The molecule has 3 N–H and O–H groups in total. The molecule has 0 spiro atoms. The summed E-state index contributed by atoms with van der Waals surface area (Å²) in [6, 6.07) is 2.67. The van der Waals surface area contributed by atoms with Gasteiger partial charge in [0.25, 0.3) is 0 Å². The first kappa shape index (κ1) is 14.1. The minimum absolute atomic E-state index is 0.189. The molecule has 1 heterocycles. The Bertz CT molecular complexity index is 535. The molecule has 1 unspecified atom stereocenters. The summed E-state index contributed by atoms with van der Waals surface area (Å²) in [5.74, 6) is 0.587. The summed E-state index contributed by atoms with van der Waals surface area (Å²) in [5, 5.41) is 4.02. The summed E-state index contributed by atoms with van der Waals surface area (Å²) in [5.41, 5.74) is 8.15. The molecule has 108 valence electrons. The Morgan fingerprint density at radius 3 is 3.05 bits per heavy atom. The smallest absolute Gasteiger partial charge is 0.373 e. The van der Waals surface area contributed by atoms with Gasteiger partial charge in [-0.3, -0.25) is 0 Å². The van der Waals surface area contributed by atoms with E-state index in [4.69, 9.17) is 10.2 Å². The highest BCUT2D eigenvalue weighted by Crippen LogP contribution is 2.27. The number of nitrogens with one attached hydrogen (secondary N) is 1. The van der Waals surface area contributed by atoms with Crippen LogP contribution in [0.4, 0.5) is 4.79 Å². The van der Waals surface area contributed by atoms with Crippen molar-refractivity contribution in [3.05, 3.63) is 23.7 Å². The molecule has 2 rings (SSSR count). The van der Waals surface area contributed by atoms with E-state index in [9.17, 15) is 9.59 Å². The number of nitrogens with two attached hydrogens (primary N) is 1. The zero-order valence-electron chi connectivity index (χ0n) is 11.2. The SMILES string of the molecule is COC(=O)c1ccc(CC2CCCC2=NNC(N)=O)o1. The molecular weight excluding hydrogens is 262 g/mol. The van der Waals surface area contributed by atoms with Crippen molar-refractivity contribution < 1.29 is 18.7 Å². The number of methoxy groups -OCH3 is 1. The summed E-state index contributed by atoms with van der Waals surface area (Å²) in [6.07, 6.45) is 3.44. The van der Waals surface area contributed by atoms with Crippen LogP contribution in [0.5, 0.6) is 0 Å². The predicted octanol–water partition coefficient (Wildman–Crippen LogP) is 1.43. The lowest BCUT2D eigenvalue weighted by atomic mass is 10.0. The average Bonchev–Trinajstić information content (AvgIpc) is 3.05. The molecule has 0 aliphatic heterocycles. The topological polar surface area (TPSA) is 107 Å². The number of hydrogen-bond donors (Lipinski definition) is 2. The van der Waals surface area contributed by atoms with Crippen LogP contribution in [0.3, 0.4) is 0 Å². The van der Waals surface area contributed by atoms with Gasteiger partial charge in [-0.15, -0.1) is 0 Å². The number of hydrogen-bond acceptors (Lipinski definition) is 5. The molecule has 1 aromatic heterocycles. The van der Waals surface area contributed by atoms with Crippen LogP contribution in [0.1, 0.15) is 35.6 Å². The van der Waals surface area contributed by atoms with Gasteiger partial charge < -0.3 is 14.9 Å². The molecule has 1 atom stereocenters. The first-order valence-corrected chi connectivity index (χ1v) is 6.39. The van der Waals surface area contributed by atoms with Crippen molar-refractivity contribution in [2.24, 2.45) is 16.8 Å². The van der Waals surface area contributed by atoms with E-state index in [1.165, 1.54) is 7.11 Å². The van der Waals surface area contributed by atoms with Gasteiger partial charge in [-0.1, -0.05) is 0 Å². The fraction of sp³-hybridized carbons (Fsp3) is 0.462. The highest BCUT2D eigenvalue weighted by molar-refractivity contribution is 5.89. The molecule has 0 saturated heterocycles. The number of carbonyl (C=O) groups excluding carboxylic acids is 2. The first-order chi connectivity index (χ1) is 9.60. The van der Waals surface area contributed by atoms with E-state index in [1.807, 2.05) is 0 Å². The number of urea groups is 1. The Morgan fingerprint density at radius 2 is 2.35 bits per heavy atom. The minimum Gasteiger partial charge on any atom is -0.463 e. The van der Waals surface area contributed by atoms with Gasteiger partial charge in [-0.2, -0.15) is 5.10 Å². The molecule has 1 aliphatic rings. The van der Waals surface area contributed by atoms with Gasteiger partial charge >= 0.3 is 12.0 Å². The average molecular weight is 279 g/mol. The van der Waals surface area contributed by atoms with E-state index in [0.717, 1.165) is 25.0 Å². The van der Waals surface area contributed by atoms with E-state index in [0.29, 0.717) is 12.2 Å². The van der Waals surface area contributed by atoms with Gasteiger partial charge in [0.1, 0.15) is 5.76 Å². The monoisotopic (exact) mass is 279 g/mol. The zero-order chi connectivity index (χ0) is 14.5. The number of esters is 1. The Hall–Kier alpha value is -2.31. The van der Waals surface area contributed by atoms with Gasteiger partial charge in [0.05, 0.1) is 7.11 Å².